The van der Waals surface area contributed by atoms with Crippen LogP contribution in [0, 0.1) is 6.92 Å². The lowest BCUT2D eigenvalue weighted by Gasteiger charge is -2.28. The highest BCUT2D eigenvalue weighted by molar-refractivity contribution is 9.10. The summed E-state index contributed by atoms with van der Waals surface area (Å²) in [6.45, 7) is 2.80. The zero-order valence-electron chi connectivity index (χ0n) is 11.1. The monoisotopic (exact) mass is 351 g/mol. The zero-order chi connectivity index (χ0) is 14.1. The maximum Gasteiger partial charge on any atom is 0.124 e. The first-order valence-electron chi connectivity index (χ1n) is 6.58. The lowest BCUT2D eigenvalue weighted by atomic mass is 10.00. The van der Waals surface area contributed by atoms with Gasteiger partial charge < -0.3 is 10.1 Å². The van der Waals surface area contributed by atoms with E-state index in [2.05, 4.69) is 34.2 Å². The molecule has 1 aliphatic heterocycles. The molecule has 0 aliphatic carbocycles. The highest BCUT2D eigenvalue weighted by atomic mass is 79.9. The van der Waals surface area contributed by atoms with Gasteiger partial charge in [0.1, 0.15) is 5.75 Å². The van der Waals surface area contributed by atoms with Crippen LogP contribution in [0.15, 0.2) is 40.9 Å². The van der Waals surface area contributed by atoms with Crippen LogP contribution < -0.4 is 10.1 Å². The molecule has 2 nitrogen and oxygen atoms in total. The predicted octanol–water partition coefficient (Wildman–Crippen LogP) is 5.35. The van der Waals surface area contributed by atoms with Crippen LogP contribution in [-0.4, -0.2) is 6.61 Å². The average molecular weight is 353 g/mol. The third-order valence-corrected chi connectivity index (χ3v) is 4.26. The molecule has 4 heteroatoms. The van der Waals surface area contributed by atoms with Gasteiger partial charge in [-0.3, -0.25) is 0 Å². The van der Waals surface area contributed by atoms with Crippen molar-refractivity contribution in [2.45, 2.75) is 19.4 Å². The van der Waals surface area contributed by atoms with Crippen LogP contribution in [-0.2, 0) is 0 Å². The summed E-state index contributed by atoms with van der Waals surface area (Å²) in [4.78, 5) is 0. The maximum atomic E-state index is 6.01. The van der Waals surface area contributed by atoms with Crippen molar-refractivity contribution in [2.24, 2.45) is 0 Å². The molecule has 2 aromatic rings. The van der Waals surface area contributed by atoms with Crippen molar-refractivity contribution in [3.63, 3.8) is 0 Å². The molecule has 20 heavy (non-hydrogen) atoms. The van der Waals surface area contributed by atoms with E-state index in [1.54, 1.807) is 0 Å². The number of halogens is 2. The summed E-state index contributed by atoms with van der Waals surface area (Å²) < 4.78 is 6.78. The first kappa shape index (κ1) is 13.8. The van der Waals surface area contributed by atoms with Crippen molar-refractivity contribution in [1.82, 2.24) is 0 Å². The van der Waals surface area contributed by atoms with Crippen molar-refractivity contribution in [3.8, 4) is 5.75 Å². The Bertz CT molecular complexity index is 644. The quantitative estimate of drug-likeness (QED) is 0.787. The molecule has 104 valence electrons. The van der Waals surface area contributed by atoms with Gasteiger partial charge in [-0.2, -0.15) is 0 Å². The number of benzene rings is 2. The highest BCUT2D eigenvalue weighted by Crippen LogP contribution is 2.36. The first-order chi connectivity index (χ1) is 9.63. The molecule has 1 atom stereocenters. The molecular formula is C16H15BrClNO. The smallest absolute Gasteiger partial charge is 0.124 e. The van der Waals surface area contributed by atoms with Crippen molar-refractivity contribution in [1.29, 1.82) is 0 Å². The minimum atomic E-state index is 0.260. The standard InChI is InChI=1S/C16H15BrClNO/c1-10-8-12(18)3-4-14(10)19-15-6-7-20-16-5-2-11(17)9-13(15)16/h2-5,8-9,15,19H,6-7H2,1H3. The minimum absolute atomic E-state index is 0.260. The Morgan fingerprint density at radius 2 is 2.10 bits per heavy atom. The highest BCUT2D eigenvalue weighted by Gasteiger charge is 2.22. The van der Waals surface area contributed by atoms with Crippen LogP contribution in [0.1, 0.15) is 23.6 Å². The van der Waals surface area contributed by atoms with E-state index >= 15 is 0 Å². The van der Waals surface area contributed by atoms with E-state index in [1.807, 2.05) is 30.3 Å². The predicted molar refractivity (Wildman–Crippen MR) is 86.8 cm³/mol. The molecule has 0 aromatic heterocycles. The Balaban J connectivity index is 1.91. The number of hydrogen-bond acceptors (Lipinski definition) is 2. The molecule has 1 unspecified atom stereocenters. The fourth-order valence-electron chi connectivity index (χ4n) is 2.49. The molecule has 3 rings (SSSR count). The van der Waals surface area contributed by atoms with Crippen LogP contribution in [0.2, 0.25) is 5.02 Å². The molecule has 1 N–H and O–H groups in total. The van der Waals surface area contributed by atoms with Crippen molar-refractivity contribution in [2.75, 3.05) is 11.9 Å². The van der Waals surface area contributed by atoms with Gasteiger partial charge in [-0.25, -0.2) is 0 Å². The molecular weight excluding hydrogens is 338 g/mol. The van der Waals surface area contributed by atoms with E-state index in [0.717, 1.165) is 39.5 Å². The summed E-state index contributed by atoms with van der Waals surface area (Å²) in [5.41, 5.74) is 3.47. The lowest BCUT2D eigenvalue weighted by Crippen LogP contribution is -2.20. The van der Waals surface area contributed by atoms with Crippen LogP contribution in [0.4, 0.5) is 5.69 Å². The summed E-state index contributed by atoms with van der Waals surface area (Å²) >= 11 is 9.53. The molecule has 0 saturated carbocycles. The van der Waals surface area contributed by atoms with E-state index in [-0.39, 0.29) is 6.04 Å². The normalized spacial score (nSPS) is 17.2. The van der Waals surface area contributed by atoms with Crippen LogP contribution in [0.3, 0.4) is 0 Å². The number of hydrogen-bond donors (Lipinski definition) is 1. The van der Waals surface area contributed by atoms with Gasteiger partial charge in [-0.15, -0.1) is 0 Å². The largest absolute Gasteiger partial charge is 0.493 e. The first-order valence-corrected chi connectivity index (χ1v) is 7.75. The number of ether oxygens (including phenoxy) is 1. The van der Waals surface area contributed by atoms with Crippen LogP contribution in [0.25, 0.3) is 0 Å². The Kier molecular flexibility index (Phi) is 3.90. The van der Waals surface area contributed by atoms with Crippen LogP contribution >= 0.6 is 27.5 Å². The Morgan fingerprint density at radius 1 is 1.25 bits per heavy atom. The number of fused-ring (bicyclic) bond motifs is 1. The van der Waals surface area contributed by atoms with E-state index in [0.29, 0.717) is 0 Å². The molecule has 1 heterocycles. The van der Waals surface area contributed by atoms with Gasteiger partial charge >= 0.3 is 0 Å². The van der Waals surface area contributed by atoms with Gasteiger partial charge in [-0.1, -0.05) is 27.5 Å². The Hall–Kier alpha value is -1.19. The molecule has 0 spiro atoms. The third-order valence-electron chi connectivity index (χ3n) is 3.53. The van der Waals surface area contributed by atoms with Gasteiger partial charge in [0.05, 0.1) is 12.6 Å². The zero-order valence-corrected chi connectivity index (χ0v) is 13.5. The third kappa shape index (κ3) is 2.79. The number of anilines is 1. The second-order valence-corrected chi connectivity index (χ2v) is 6.33. The summed E-state index contributed by atoms with van der Waals surface area (Å²) in [7, 11) is 0. The molecule has 1 aliphatic rings. The second-order valence-electron chi connectivity index (χ2n) is 4.98. The van der Waals surface area contributed by atoms with Crippen molar-refractivity contribution in [3.05, 3.63) is 57.0 Å². The number of nitrogens with one attached hydrogen (secondary N) is 1. The SMILES string of the molecule is Cc1cc(Cl)ccc1NC1CCOc2ccc(Br)cc21. The molecule has 0 bridgehead atoms. The molecule has 0 fully saturated rings. The number of aryl methyl sites for hydroxylation is 1. The fourth-order valence-corrected chi connectivity index (χ4v) is 3.10. The molecule has 2 aromatic carbocycles. The van der Waals surface area contributed by atoms with Gasteiger partial charge in [0.2, 0.25) is 0 Å². The number of rotatable bonds is 2. The Morgan fingerprint density at radius 3 is 2.90 bits per heavy atom. The van der Waals surface area contributed by atoms with Crippen LogP contribution in [0.5, 0.6) is 5.75 Å². The molecule has 0 radical (unpaired) electrons. The van der Waals surface area contributed by atoms with E-state index < -0.39 is 0 Å². The van der Waals surface area contributed by atoms with Gasteiger partial charge in [0, 0.05) is 27.2 Å². The minimum Gasteiger partial charge on any atom is -0.493 e. The summed E-state index contributed by atoms with van der Waals surface area (Å²) in [6.07, 6.45) is 0.950. The van der Waals surface area contributed by atoms with Crippen molar-refractivity contribution < 1.29 is 4.74 Å². The summed E-state index contributed by atoms with van der Waals surface area (Å²) in [6, 6.07) is 12.3. The Labute approximate surface area is 132 Å². The second kappa shape index (κ2) is 5.66. The van der Waals surface area contributed by atoms with Gasteiger partial charge in [0.25, 0.3) is 0 Å². The average Bonchev–Trinajstić information content (AvgIpc) is 2.42. The maximum absolute atomic E-state index is 6.01. The summed E-state index contributed by atoms with van der Waals surface area (Å²) in [5.74, 6) is 0.962. The van der Waals surface area contributed by atoms with Gasteiger partial charge in [-0.05, 0) is 48.9 Å². The van der Waals surface area contributed by atoms with E-state index in [1.165, 1.54) is 5.56 Å². The lowest BCUT2D eigenvalue weighted by molar-refractivity contribution is 0.274. The van der Waals surface area contributed by atoms with E-state index in [9.17, 15) is 0 Å². The summed E-state index contributed by atoms with van der Waals surface area (Å²) in [5, 5.41) is 4.37. The fraction of sp³-hybridized carbons (Fsp3) is 0.250. The topological polar surface area (TPSA) is 21.3 Å². The van der Waals surface area contributed by atoms with Crippen molar-refractivity contribution >= 4 is 33.2 Å². The molecule has 0 amide bonds. The molecule has 0 saturated heterocycles. The van der Waals surface area contributed by atoms with Gasteiger partial charge in [0.15, 0.2) is 0 Å². The van der Waals surface area contributed by atoms with E-state index in [4.69, 9.17) is 16.3 Å².